The molecule has 3 aromatic rings. The minimum Gasteiger partial charge on any atom is -0.336 e. The zero-order chi connectivity index (χ0) is 16.4. The first-order chi connectivity index (χ1) is 11.0. The maximum Gasteiger partial charge on any atom is 0.270 e. The van der Waals surface area contributed by atoms with E-state index in [2.05, 4.69) is 33.8 Å². The molecule has 3 rings (SSSR count). The Morgan fingerprint density at radius 2 is 2.13 bits per heavy atom. The first-order valence-electron chi connectivity index (χ1n) is 7.21. The summed E-state index contributed by atoms with van der Waals surface area (Å²) in [5.41, 5.74) is 2.65. The molecule has 0 fully saturated rings. The predicted octanol–water partition coefficient (Wildman–Crippen LogP) is 3.09. The number of aryl methyl sites for hydroxylation is 1. The Morgan fingerprint density at radius 1 is 1.30 bits per heavy atom. The van der Waals surface area contributed by atoms with Crippen LogP contribution in [0.4, 0.5) is 0 Å². The Kier molecular flexibility index (Phi) is 4.51. The minimum absolute atomic E-state index is 0.0160. The molecular formula is C17H17IN4O. The van der Waals surface area contributed by atoms with Crippen LogP contribution < -0.4 is 0 Å². The quantitative estimate of drug-likeness (QED) is 0.609. The summed E-state index contributed by atoms with van der Waals surface area (Å²) in [6.07, 6.45) is 5.61. The average Bonchev–Trinajstić information content (AvgIpc) is 3.15. The highest BCUT2D eigenvalue weighted by atomic mass is 127. The third kappa shape index (κ3) is 3.47. The monoisotopic (exact) mass is 420 g/mol. The highest BCUT2D eigenvalue weighted by Gasteiger charge is 2.17. The van der Waals surface area contributed by atoms with Crippen LogP contribution in [-0.2, 0) is 13.6 Å². The van der Waals surface area contributed by atoms with Gasteiger partial charge in [0.05, 0.1) is 6.20 Å². The van der Waals surface area contributed by atoms with Crippen LogP contribution in [0.1, 0.15) is 16.1 Å². The van der Waals surface area contributed by atoms with Crippen LogP contribution in [0.15, 0.2) is 55.0 Å². The van der Waals surface area contributed by atoms with Crippen molar-refractivity contribution in [3.05, 3.63) is 69.8 Å². The standard InChI is InChI=1S/C17H17IN4O/c1-20(11-13-10-19-21(2)12-13)17(23)16-7-4-8-22(16)15-6-3-5-14(18)9-15/h3-10,12H,11H2,1-2H3. The fraction of sp³-hybridized carbons (Fsp3) is 0.176. The van der Waals surface area contributed by atoms with E-state index in [4.69, 9.17) is 0 Å². The molecule has 23 heavy (non-hydrogen) atoms. The van der Waals surface area contributed by atoms with Gasteiger partial charge in [-0.05, 0) is 52.9 Å². The van der Waals surface area contributed by atoms with E-state index in [1.165, 1.54) is 0 Å². The molecule has 118 valence electrons. The number of hydrogen-bond acceptors (Lipinski definition) is 2. The van der Waals surface area contributed by atoms with Gasteiger partial charge in [0.2, 0.25) is 0 Å². The van der Waals surface area contributed by atoms with E-state index in [-0.39, 0.29) is 5.91 Å². The fourth-order valence-electron chi connectivity index (χ4n) is 2.50. The number of nitrogens with zero attached hydrogens (tertiary/aromatic N) is 4. The van der Waals surface area contributed by atoms with Gasteiger partial charge in [-0.25, -0.2) is 0 Å². The zero-order valence-corrected chi connectivity index (χ0v) is 15.1. The molecule has 2 heterocycles. The number of carbonyl (C=O) groups excluding carboxylic acids is 1. The van der Waals surface area contributed by atoms with Crippen LogP contribution in [-0.4, -0.2) is 32.2 Å². The Morgan fingerprint density at radius 3 is 2.83 bits per heavy atom. The number of rotatable bonds is 4. The van der Waals surface area contributed by atoms with Crippen LogP contribution in [0.2, 0.25) is 0 Å². The molecule has 0 radical (unpaired) electrons. The van der Waals surface area contributed by atoms with Crippen LogP contribution in [0.5, 0.6) is 0 Å². The Bertz CT molecular complexity index is 836. The third-order valence-electron chi connectivity index (χ3n) is 3.58. The lowest BCUT2D eigenvalue weighted by atomic mass is 10.3. The summed E-state index contributed by atoms with van der Waals surface area (Å²) in [5.74, 6) is -0.0160. The van der Waals surface area contributed by atoms with Gasteiger partial charge in [0.15, 0.2) is 0 Å². The highest BCUT2D eigenvalue weighted by molar-refractivity contribution is 14.1. The molecule has 1 amide bonds. The van der Waals surface area contributed by atoms with Crippen molar-refractivity contribution in [1.29, 1.82) is 0 Å². The molecule has 0 bridgehead atoms. The van der Waals surface area contributed by atoms with Crippen LogP contribution in [0.25, 0.3) is 5.69 Å². The summed E-state index contributed by atoms with van der Waals surface area (Å²) < 4.78 is 4.79. The largest absolute Gasteiger partial charge is 0.336 e. The van der Waals surface area contributed by atoms with E-state index in [0.717, 1.165) is 14.8 Å². The molecule has 0 saturated carbocycles. The highest BCUT2D eigenvalue weighted by Crippen LogP contribution is 2.17. The summed E-state index contributed by atoms with van der Waals surface area (Å²) in [6.45, 7) is 0.532. The maximum atomic E-state index is 12.8. The van der Waals surface area contributed by atoms with Crippen molar-refractivity contribution in [2.45, 2.75) is 6.54 Å². The molecule has 0 atom stereocenters. The normalized spacial score (nSPS) is 10.7. The summed E-state index contributed by atoms with van der Waals surface area (Å²) >= 11 is 2.27. The molecule has 0 spiro atoms. The number of carbonyl (C=O) groups is 1. The van der Waals surface area contributed by atoms with Gasteiger partial charge in [-0.15, -0.1) is 0 Å². The second kappa shape index (κ2) is 6.57. The second-order valence-electron chi connectivity index (χ2n) is 5.43. The Labute approximate surface area is 148 Å². The van der Waals surface area contributed by atoms with Gasteiger partial charge >= 0.3 is 0 Å². The van der Waals surface area contributed by atoms with Crippen molar-refractivity contribution in [2.24, 2.45) is 7.05 Å². The van der Waals surface area contributed by atoms with Crippen molar-refractivity contribution < 1.29 is 4.79 Å². The van der Waals surface area contributed by atoms with Crippen molar-refractivity contribution in [3.63, 3.8) is 0 Å². The molecule has 0 aliphatic heterocycles. The smallest absolute Gasteiger partial charge is 0.270 e. The van der Waals surface area contributed by atoms with Gasteiger partial charge in [-0.3, -0.25) is 9.48 Å². The van der Waals surface area contributed by atoms with Crippen LogP contribution in [0, 0.1) is 3.57 Å². The van der Waals surface area contributed by atoms with E-state index >= 15 is 0 Å². The lowest BCUT2D eigenvalue weighted by Crippen LogP contribution is -2.27. The molecule has 0 aliphatic rings. The first kappa shape index (κ1) is 15.8. The van der Waals surface area contributed by atoms with Crippen molar-refractivity contribution >= 4 is 28.5 Å². The van der Waals surface area contributed by atoms with Gasteiger partial charge in [0.25, 0.3) is 5.91 Å². The van der Waals surface area contributed by atoms with Gasteiger partial charge in [0, 0.05) is 47.9 Å². The molecular weight excluding hydrogens is 403 g/mol. The van der Waals surface area contributed by atoms with Gasteiger partial charge in [0.1, 0.15) is 5.69 Å². The Balaban J connectivity index is 1.84. The molecule has 0 aliphatic carbocycles. The van der Waals surface area contributed by atoms with E-state index in [1.807, 2.05) is 54.3 Å². The van der Waals surface area contributed by atoms with Crippen LogP contribution >= 0.6 is 22.6 Å². The number of aromatic nitrogens is 3. The molecule has 5 nitrogen and oxygen atoms in total. The van der Waals surface area contributed by atoms with Crippen molar-refractivity contribution in [2.75, 3.05) is 7.05 Å². The predicted molar refractivity (Wildman–Crippen MR) is 97.5 cm³/mol. The molecule has 2 aromatic heterocycles. The summed E-state index contributed by atoms with van der Waals surface area (Å²) in [7, 11) is 3.68. The lowest BCUT2D eigenvalue weighted by molar-refractivity contribution is 0.0777. The van der Waals surface area contributed by atoms with Gasteiger partial charge in [-0.2, -0.15) is 5.10 Å². The summed E-state index contributed by atoms with van der Waals surface area (Å²) in [6, 6.07) is 11.8. The number of amides is 1. The van der Waals surface area contributed by atoms with Crippen molar-refractivity contribution in [1.82, 2.24) is 19.2 Å². The second-order valence-corrected chi connectivity index (χ2v) is 6.67. The fourth-order valence-corrected chi connectivity index (χ4v) is 3.03. The van der Waals surface area contributed by atoms with Gasteiger partial charge < -0.3 is 9.47 Å². The summed E-state index contributed by atoms with van der Waals surface area (Å²) in [5, 5.41) is 4.14. The average molecular weight is 420 g/mol. The van der Waals surface area contributed by atoms with E-state index in [9.17, 15) is 4.79 Å². The van der Waals surface area contributed by atoms with Crippen molar-refractivity contribution in [3.8, 4) is 5.69 Å². The minimum atomic E-state index is -0.0160. The maximum absolute atomic E-state index is 12.8. The third-order valence-corrected chi connectivity index (χ3v) is 4.25. The lowest BCUT2D eigenvalue weighted by Gasteiger charge is -2.18. The first-order valence-corrected chi connectivity index (χ1v) is 8.29. The topological polar surface area (TPSA) is 43.1 Å². The molecule has 6 heteroatoms. The number of benzene rings is 1. The number of halogens is 1. The molecule has 0 saturated heterocycles. The van der Waals surface area contributed by atoms with Gasteiger partial charge in [-0.1, -0.05) is 6.07 Å². The molecule has 0 N–H and O–H groups in total. The van der Waals surface area contributed by atoms with Crippen LogP contribution in [0.3, 0.4) is 0 Å². The van der Waals surface area contributed by atoms with E-state index in [1.54, 1.807) is 22.8 Å². The molecule has 0 unspecified atom stereocenters. The SMILES string of the molecule is CN(Cc1cnn(C)c1)C(=O)c1cccn1-c1cccc(I)c1. The van der Waals surface area contributed by atoms with E-state index < -0.39 is 0 Å². The van der Waals surface area contributed by atoms with E-state index in [0.29, 0.717) is 12.2 Å². The zero-order valence-electron chi connectivity index (χ0n) is 13.0. The summed E-state index contributed by atoms with van der Waals surface area (Å²) in [4.78, 5) is 14.5. The Hall–Kier alpha value is -2.09. The number of hydrogen-bond donors (Lipinski definition) is 0. The molecule has 1 aromatic carbocycles.